The van der Waals surface area contributed by atoms with Crippen LogP contribution in [-0.2, 0) is 9.59 Å². The van der Waals surface area contributed by atoms with Gasteiger partial charge in [0.2, 0.25) is 11.8 Å². The maximum atomic E-state index is 11.8. The smallest absolute Gasteiger partial charge is 0.240 e. The van der Waals surface area contributed by atoms with Crippen molar-refractivity contribution in [3.63, 3.8) is 0 Å². The Morgan fingerprint density at radius 1 is 1.37 bits per heavy atom. The van der Waals surface area contributed by atoms with Crippen molar-refractivity contribution in [3.8, 4) is 0 Å². The average molecular weight is 327 g/mol. The molecule has 2 amide bonds. The molecule has 0 aliphatic carbocycles. The molecular formula is C14H19BrN2O2. The first-order valence-corrected chi connectivity index (χ1v) is 6.94. The number of carbonyl (C=O) groups excluding carboxylic acids is 2. The summed E-state index contributed by atoms with van der Waals surface area (Å²) in [6.45, 7) is 7.22. The van der Waals surface area contributed by atoms with E-state index in [0.717, 1.165) is 10.0 Å². The van der Waals surface area contributed by atoms with Crippen LogP contribution >= 0.6 is 15.9 Å². The summed E-state index contributed by atoms with van der Waals surface area (Å²) in [5.41, 5.74) is 1.79. The molecule has 0 spiro atoms. The number of aryl methyl sites for hydroxylation is 1. The van der Waals surface area contributed by atoms with Gasteiger partial charge in [-0.1, -0.05) is 6.07 Å². The first kappa shape index (κ1) is 15.7. The Bertz CT molecular complexity index is 486. The van der Waals surface area contributed by atoms with Crippen molar-refractivity contribution in [1.29, 1.82) is 0 Å². The highest BCUT2D eigenvalue weighted by atomic mass is 79.9. The molecule has 1 N–H and O–H groups in total. The molecule has 0 heterocycles. The Kier molecular flexibility index (Phi) is 5.54. The Labute approximate surface area is 122 Å². The molecule has 1 aromatic rings. The average Bonchev–Trinajstić information content (AvgIpc) is 2.25. The minimum atomic E-state index is -0.169. The van der Waals surface area contributed by atoms with Gasteiger partial charge in [-0.3, -0.25) is 9.59 Å². The van der Waals surface area contributed by atoms with Crippen molar-refractivity contribution in [2.24, 2.45) is 0 Å². The van der Waals surface area contributed by atoms with Crippen LogP contribution in [0.2, 0.25) is 0 Å². The van der Waals surface area contributed by atoms with Gasteiger partial charge >= 0.3 is 0 Å². The topological polar surface area (TPSA) is 49.4 Å². The number of nitrogens with one attached hydrogen (secondary N) is 1. The van der Waals surface area contributed by atoms with E-state index in [4.69, 9.17) is 0 Å². The van der Waals surface area contributed by atoms with E-state index in [1.165, 1.54) is 11.8 Å². The van der Waals surface area contributed by atoms with Crippen LogP contribution in [0.4, 0.5) is 5.69 Å². The SMILES string of the molecule is CC(=O)N(CC(=O)NC(C)C)c1ccc(C)cc1Br. The molecule has 19 heavy (non-hydrogen) atoms. The van der Waals surface area contributed by atoms with Gasteiger partial charge in [-0.25, -0.2) is 0 Å². The minimum Gasteiger partial charge on any atom is -0.352 e. The van der Waals surface area contributed by atoms with Crippen LogP contribution in [-0.4, -0.2) is 24.4 Å². The minimum absolute atomic E-state index is 0.0230. The van der Waals surface area contributed by atoms with E-state index in [0.29, 0.717) is 5.69 Å². The van der Waals surface area contributed by atoms with Gasteiger partial charge in [0.1, 0.15) is 6.54 Å². The number of benzene rings is 1. The van der Waals surface area contributed by atoms with Gasteiger partial charge in [-0.05, 0) is 54.4 Å². The predicted octanol–water partition coefficient (Wildman–Crippen LogP) is 2.64. The zero-order valence-corrected chi connectivity index (χ0v) is 13.2. The summed E-state index contributed by atoms with van der Waals surface area (Å²) in [5.74, 6) is -0.332. The lowest BCUT2D eigenvalue weighted by Crippen LogP contribution is -2.42. The summed E-state index contributed by atoms with van der Waals surface area (Å²) in [6, 6.07) is 5.73. The fraction of sp³-hybridized carbons (Fsp3) is 0.429. The van der Waals surface area contributed by atoms with Gasteiger partial charge in [0, 0.05) is 17.4 Å². The number of anilines is 1. The first-order chi connectivity index (χ1) is 8.81. The third-order valence-electron chi connectivity index (χ3n) is 2.53. The number of rotatable bonds is 4. The monoisotopic (exact) mass is 326 g/mol. The highest BCUT2D eigenvalue weighted by Gasteiger charge is 2.18. The van der Waals surface area contributed by atoms with Gasteiger partial charge in [0.25, 0.3) is 0 Å². The van der Waals surface area contributed by atoms with Crippen LogP contribution in [0.25, 0.3) is 0 Å². The van der Waals surface area contributed by atoms with Crippen molar-refractivity contribution in [3.05, 3.63) is 28.2 Å². The van der Waals surface area contributed by atoms with Crippen molar-refractivity contribution in [1.82, 2.24) is 5.32 Å². The second-order valence-electron chi connectivity index (χ2n) is 4.78. The molecule has 0 aliphatic rings. The number of nitrogens with zero attached hydrogens (tertiary/aromatic N) is 1. The second kappa shape index (κ2) is 6.70. The summed E-state index contributed by atoms with van der Waals surface area (Å²) in [6.07, 6.45) is 0. The molecule has 0 saturated heterocycles. The van der Waals surface area contributed by atoms with Crippen LogP contribution < -0.4 is 10.2 Å². The fourth-order valence-corrected chi connectivity index (χ4v) is 2.42. The van der Waals surface area contributed by atoms with Crippen LogP contribution in [0.1, 0.15) is 26.3 Å². The van der Waals surface area contributed by atoms with Crippen molar-refractivity contribution in [2.45, 2.75) is 33.7 Å². The molecule has 5 heteroatoms. The third-order valence-corrected chi connectivity index (χ3v) is 3.16. The molecule has 1 rings (SSSR count). The lowest BCUT2D eigenvalue weighted by atomic mass is 10.2. The van der Waals surface area contributed by atoms with E-state index in [-0.39, 0.29) is 24.4 Å². The number of halogens is 1. The molecule has 0 unspecified atom stereocenters. The van der Waals surface area contributed by atoms with Crippen LogP contribution in [0.3, 0.4) is 0 Å². The van der Waals surface area contributed by atoms with Gasteiger partial charge < -0.3 is 10.2 Å². The zero-order chi connectivity index (χ0) is 14.6. The molecule has 0 aromatic heterocycles. The Morgan fingerprint density at radius 2 is 2.00 bits per heavy atom. The highest BCUT2D eigenvalue weighted by Crippen LogP contribution is 2.27. The van der Waals surface area contributed by atoms with Crippen LogP contribution in [0, 0.1) is 6.92 Å². The van der Waals surface area contributed by atoms with Gasteiger partial charge in [-0.15, -0.1) is 0 Å². The van der Waals surface area contributed by atoms with Gasteiger partial charge in [-0.2, -0.15) is 0 Å². The Morgan fingerprint density at radius 3 is 2.47 bits per heavy atom. The first-order valence-electron chi connectivity index (χ1n) is 6.15. The summed E-state index contributed by atoms with van der Waals surface area (Å²) >= 11 is 3.43. The Balaban J connectivity index is 2.95. The van der Waals surface area contributed by atoms with Crippen molar-refractivity contribution in [2.75, 3.05) is 11.4 Å². The second-order valence-corrected chi connectivity index (χ2v) is 5.64. The molecular weight excluding hydrogens is 308 g/mol. The third kappa shape index (κ3) is 4.67. The molecule has 4 nitrogen and oxygen atoms in total. The fourth-order valence-electron chi connectivity index (χ4n) is 1.71. The molecule has 104 valence electrons. The maximum absolute atomic E-state index is 11.8. The van der Waals surface area contributed by atoms with E-state index < -0.39 is 0 Å². The molecule has 0 bridgehead atoms. The Hall–Kier alpha value is -1.36. The zero-order valence-electron chi connectivity index (χ0n) is 11.7. The summed E-state index contributed by atoms with van der Waals surface area (Å²) in [7, 11) is 0. The van der Waals surface area contributed by atoms with E-state index >= 15 is 0 Å². The molecule has 0 atom stereocenters. The molecule has 0 radical (unpaired) electrons. The van der Waals surface area contributed by atoms with E-state index in [9.17, 15) is 9.59 Å². The van der Waals surface area contributed by atoms with Crippen molar-refractivity contribution >= 4 is 33.4 Å². The van der Waals surface area contributed by atoms with Gasteiger partial charge in [0.05, 0.1) is 5.69 Å². The summed E-state index contributed by atoms with van der Waals surface area (Å²) in [5, 5.41) is 2.78. The van der Waals surface area contributed by atoms with Gasteiger partial charge in [0.15, 0.2) is 0 Å². The largest absolute Gasteiger partial charge is 0.352 e. The number of hydrogen-bond acceptors (Lipinski definition) is 2. The van der Waals surface area contributed by atoms with Crippen LogP contribution in [0.15, 0.2) is 22.7 Å². The lowest BCUT2D eigenvalue weighted by Gasteiger charge is -2.22. The quantitative estimate of drug-likeness (QED) is 0.924. The summed E-state index contributed by atoms with van der Waals surface area (Å²) in [4.78, 5) is 25.0. The van der Waals surface area contributed by atoms with E-state index in [1.807, 2.05) is 39.0 Å². The van der Waals surface area contributed by atoms with Crippen LogP contribution in [0.5, 0.6) is 0 Å². The lowest BCUT2D eigenvalue weighted by molar-refractivity contribution is -0.123. The highest BCUT2D eigenvalue weighted by molar-refractivity contribution is 9.10. The standard InChI is InChI=1S/C14H19BrN2O2/c1-9(2)16-14(19)8-17(11(4)18)13-6-5-10(3)7-12(13)15/h5-7,9H,8H2,1-4H3,(H,16,19). The maximum Gasteiger partial charge on any atom is 0.240 e. The van der Waals surface area contributed by atoms with E-state index in [1.54, 1.807) is 0 Å². The molecule has 0 aliphatic heterocycles. The number of amides is 2. The van der Waals surface area contributed by atoms with E-state index in [2.05, 4.69) is 21.2 Å². The molecule has 0 saturated carbocycles. The molecule has 1 aromatic carbocycles. The normalized spacial score (nSPS) is 10.4. The molecule has 0 fully saturated rings. The predicted molar refractivity (Wildman–Crippen MR) is 80.2 cm³/mol. The summed E-state index contributed by atoms with van der Waals surface area (Å²) < 4.78 is 0.806. The number of hydrogen-bond donors (Lipinski definition) is 1. The number of carbonyl (C=O) groups is 2. The van der Waals surface area contributed by atoms with Crippen molar-refractivity contribution < 1.29 is 9.59 Å².